The quantitative estimate of drug-likeness (QED) is 0.455. The van der Waals surface area contributed by atoms with Crippen molar-refractivity contribution >= 4 is 34.9 Å². The van der Waals surface area contributed by atoms with Gasteiger partial charge in [0.25, 0.3) is 0 Å². The lowest BCUT2D eigenvalue weighted by Gasteiger charge is -2.25. The molecule has 0 fully saturated rings. The van der Waals surface area contributed by atoms with Crippen LogP contribution in [0.5, 0.6) is 0 Å². The van der Waals surface area contributed by atoms with Gasteiger partial charge in [0.2, 0.25) is 11.1 Å². The molecule has 100 valence electrons. The number of hydrogen-bond acceptors (Lipinski definition) is 6. The van der Waals surface area contributed by atoms with Gasteiger partial charge < -0.3 is 4.90 Å². The third-order valence-electron chi connectivity index (χ3n) is 2.65. The van der Waals surface area contributed by atoms with Crippen molar-refractivity contribution in [3.63, 3.8) is 0 Å². The molecule has 1 unspecified atom stereocenters. The van der Waals surface area contributed by atoms with E-state index in [2.05, 4.69) is 9.97 Å². The van der Waals surface area contributed by atoms with E-state index in [1.54, 1.807) is 23.7 Å². The molecule has 0 saturated carbocycles. The lowest BCUT2D eigenvalue weighted by atomic mass is 10.2. The Kier molecular flexibility index (Phi) is 5.61. The van der Waals surface area contributed by atoms with Crippen LogP contribution in [0.2, 0.25) is 5.28 Å². The number of nitrogens with zero attached hydrogens (tertiary/aromatic N) is 4. The van der Waals surface area contributed by atoms with Crippen LogP contribution in [0.15, 0.2) is 6.20 Å². The molecular formula is C10H15ClN4O2S. The second-order valence-electron chi connectivity index (χ2n) is 3.85. The van der Waals surface area contributed by atoms with Crippen LogP contribution in [0.25, 0.3) is 0 Å². The number of hydrogen-bond donors (Lipinski definition) is 0. The number of anilines is 1. The highest BCUT2D eigenvalue weighted by Crippen LogP contribution is 2.27. The zero-order valence-electron chi connectivity index (χ0n) is 10.5. The van der Waals surface area contributed by atoms with Crippen LogP contribution in [0.1, 0.15) is 13.3 Å². The third kappa shape index (κ3) is 3.71. The molecule has 0 aliphatic heterocycles. The predicted molar refractivity (Wildman–Crippen MR) is 74.6 cm³/mol. The summed E-state index contributed by atoms with van der Waals surface area (Å²) >= 11 is 7.44. The van der Waals surface area contributed by atoms with Gasteiger partial charge in [-0.2, -0.15) is 16.7 Å². The molecule has 0 bridgehead atoms. The molecule has 1 atom stereocenters. The monoisotopic (exact) mass is 290 g/mol. The van der Waals surface area contributed by atoms with E-state index in [1.165, 1.54) is 0 Å². The second kappa shape index (κ2) is 6.75. The SMILES string of the molecule is CSCCC(C)N(C)c1nc(Cl)ncc1[N+](=O)[O-]. The summed E-state index contributed by atoms with van der Waals surface area (Å²) in [6.07, 6.45) is 4.08. The van der Waals surface area contributed by atoms with Crippen LogP contribution in [0.3, 0.4) is 0 Å². The predicted octanol–water partition coefficient (Wildman–Crippen LogP) is 2.62. The minimum absolute atomic E-state index is 0.0134. The molecule has 0 saturated heterocycles. The largest absolute Gasteiger partial charge is 0.351 e. The van der Waals surface area contributed by atoms with E-state index in [1.807, 2.05) is 13.2 Å². The van der Waals surface area contributed by atoms with Crippen LogP contribution >= 0.6 is 23.4 Å². The Morgan fingerprint density at radius 1 is 1.67 bits per heavy atom. The average molecular weight is 291 g/mol. The molecule has 0 spiro atoms. The van der Waals surface area contributed by atoms with E-state index in [0.29, 0.717) is 0 Å². The van der Waals surface area contributed by atoms with Crippen LogP contribution in [0.4, 0.5) is 11.5 Å². The van der Waals surface area contributed by atoms with Gasteiger partial charge in [0, 0.05) is 13.1 Å². The number of halogens is 1. The Morgan fingerprint density at radius 2 is 2.33 bits per heavy atom. The summed E-state index contributed by atoms with van der Waals surface area (Å²) in [5, 5.41) is 10.9. The minimum Gasteiger partial charge on any atom is -0.351 e. The third-order valence-corrected chi connectivity index (χ3v) is 3.48. The Balaban J connectivity index is 2.99. The maximum absolute atomic E-state index is 10.9. The van der Waals surface area contributed by atoms with Gasteiger partial charge in [0.1, 0.15) is 6.20 Å². The number of nitro groups is 1. The first-order valence-corrected chi connectivity index (χ1v) is 7.13. The van der Waals surface area contributed by atoms with Gasteiger partial charge in [-0.15, -0.1) is 0 Å². The molecule has 8 heteroatoms. The van der Waals surface area contributed by atoms with Crippen molar-refractivity contribution < 1.29 is 4.92 Å². The highest BCUT2D eigenvalue weighted by Gasteiger charge is 2.23. The zero-order valence-corrected chi connectivity index (χ0v) is 12.0. The summed E-state index contributed by atoms with van der Waals surface area (Å²) in [5.41, 5.74) is -0.127. The molecule has 0 N–H and O–H groups in total. The summed E-state index contributed by atoms with van der Waals surface area (Å²) in [4.78, 5) is 19.8. The zero-order chi connectivity index (χ0) is 13.7. The Hall–Kier alpha value is -1.08. The Bertz CT molecular complexity index is 432. The summed E-state index contributed by atoms with van der Waals surface area (Å²) < 4.78 is 0. The maximum atomic E-state index is 10.9. The summed E-state index contributed by atoms with van der Waals surface area (Å²) in [6.45, 7) is 2.00. The molecule has 0 aliphatic rings. The Labute approximate surface area is 115 Å². The number of rotatable bonds is 6. The van der Waals surface area contributed by atoms with Crippen molar-refractivity contribution in [2.75, 3.05) is 24.0 Å². The first-order valence-electron chi connectivity index (χ1n) is 5.36. The molecule has 1 aromatic rings. The first-order chi connectivity index (χ1) is 8.47. The molecule has 0 amide bonds. The molecular weight excluding hydrogens is 276 g/mol. The van der Waals surface area contributed by atoms with Gasteiger partial charge in [0.15, 0.2) is 0 Å². The highest BCUT2D eigenvalue weighted by molar-refractivity contribution is 7.98. The fraction of sp³-hybridized carbons (Fsp3) is 0.600. The lowest BCUT2D eigenvalue weighted by molar-refractivity contribution is -0.384. The fourth-order valence-electron chi connectivity index (χ4n) is 1.42. The van der Waals surface area contributed by atoms with Gasteiger partial charge >= 0.3 is 5.69 Å². The first kappa shape index (κ1) is 15.0. The standard InChI is InChI=1S/C10H15ClN4O2S/c1-7(4-5-18-3)14(2)9-8(15(16)17)6-12-10(11)13-9/h6-7H,4-5H2,1-3H3. The molecule has 6 nitrogen and oxygen atoms in total. The molecule has 1 heterocycles. The van der Waals surface area contributed by atoms with Crippen LogP contribution in [-0.4, -0.2) is 40.0 Å². The van der Waals surface area contributed by atoms with E-state index >= 15 is 0 Å². The summed E-state index contributed by atoms with van der Waals surface area (Å²) in [5.74, 6) is 1.24. The van der Waals surface area contributed by atoms with Crippen molar-refractivity contribution in [1.29, 1.82) is 0 Å². The van der Waals surface area contributed by atoms with E-state index in [9.17, 15) is 10.1 Å². The smallest absolute Gasteiger partial charge is 0.329 e. The van der Waals surface area contributed by atoms with Gasteiger partial charge in [-0.3, -0.25) is 10.1 Å². The topological polar surface area (TPSA) is 72.2 Å². The second-order valence-corrected chi connectivity index (χ2v) is 5.17. The fourth-order valence-corrected chi connectivity index (χ4v) is 2.13. The van der Waals surface area contributed by atoms with Crippen molar-refractivity contribution in [1.82, 2.24) is 9.97 Å². The molecule has 1 aromatic heterocycles. The molecule has 0 aliphatic carbocycles. The summed E-state index contributed by atoms with van der Waals surface area (Å²) in [6, 6.07) is 0.141. The summed E-state index contributed by atoms with van der Waals surface area (Å²) in [7, 11) is 1.77. The average Bonchev–Trinajstić information content (AvgIpc) is 2.34. The Morgan fingerprint density at radius 3 is 2.89 bits per heavy atom. The molecule has 0 aromatic carbocycles. The van der Waals surface area contributed by atoms with Crippen molar-refractivity contribution in [2.24, 2.45) is 0 Å². The van der Waals surface area contributed by atoms with Crippen LogP contribution < -0.4 is 4.90 Å². The lowest BCUT2D eigenvalue weighted by Crippen LogP contribution is -2.30. The van der Waals surface area contributed by atoms with Gasteiger partial charge in [-0.05, 0) is 37.0 Å². The van der Waals surface area contributed by atoms with Crippen LogP contribution in [0, 0.1) is 10.1 Å². The van der Waals surface area contributed by atoms with E-state index in [-0.39, 0.29) is 22.8 Å². The number of aromatic nitrogens is 2. The van der Waals surface area contributed by atoms with Crippen molar-refractivity contribution in [3.05, 3.63) is 21.6 Å². The highest BCUT2D eigenvalue weighted by atomic mass is 35.5. The normalized spacial score (nSPS) is 12.2. The van der Waals surface area contributed by atoms with Gasteiger partial charge in [-0.1, -0.05) is 0 Å². The van der Waals surface area contributed by atoms with E-state index in [4.69, 9.17) is 11.6 Å². The van der Waals surface area contributed by atoms with Gasteiger partial charge in [0.05, 0.1) is 4.92 Å². The van der Waals surface area contributed by atoms with Crippen LogP contribution in [-0.2, 0) is 0 Å². The number of thioether (sulfide) groups is 1. The van der Waals surface area contributed by atoms with E-state index < -0.39 is 4.92 Å². The minimum atomic E-state index is -0.497. The van der Waals surface area contributed by atoms with Crippen molar-refractivity contribution in [2.45, 2.75) is 19.4 Å². The molecule has 0 radical (unpaired) electrons. The maximum Gasteiger partial charge on any atom is 0.329 e. The van der Waals surface area contributed by atoms with E-state index in [0.717, 1.165) is 18.4 Å². The molecule has 1 rings (SSSR count). The molecule has 18 heavy (non-hydrogen) atoms. The van der Waals surface area contributed by atoms with Crippen molar-refractivity contribution in [3.8, 4) is 0 Å². The van der Waals surface area contributed by atoms with Gasteiger partial charge in [-0.25, -0.2) is 4.98 Å².